The summed E-state index contributed by atoms with van der Waals surface area (Å²) in [6.45, 7) is 5.60. The van der Waals surface area contributed by atoms with Crippen LogP contribution < -0.4 is 5.32 Å². The van der Waals surface area contributed by atoms with Crippen LogP contribution in [0.3, 0.4) is 0 Å². The molecule has 18 heavy (non-hydrogen) atoms. The third-order valence-electron chi connectivity index (χ3n) is 3.73. The molecule has 0 aromatic rings. The second kappa shape index (κ2) is 6.29. The van der Waals surface area contributed by atoms with E-state index in [1.807, 2.05) is 0 Å². The third kappa shape index (κ3) is 3.64. The summed E-state index contributed by atoms with van der Waals surface area (Å²) in [5, 5.41) is 3.26. The van der Waals surface area contributed by atoms with Gasteiger partial charge in [-0.05, 0) is 6.42 Å². The van der Waals surface area contributed by atoms with Crippen LogP contribution in [0, 0.1) is 0 Å². The van der Waals surface area contributed by atoms with Crippen molar-refractivity contribution in [3.8, 4) is 0 Å². The summed E-state index contributed by atoms with van der Waals surface area (Å²) in [7, 11) is -1.48. The first-order valence-electron chi connectivity index (χ1n) is 6.56. The van der Waals surface area contributed by atoms with Crippen LogP contribution in [0.4, 0.5) is 0 Å². The van der Waals surface area contributed by atoms with E-state index < -0.39 is 10.0 Å². The van der Waals surface area contributed by atoms with Gasteiger partial charge in [0.05, 0.1) is 18.4 Å². The fourth-order valence-electron chi connectivity index (χ4n) is 2.36. The van der Waals surface area contributed by atoms with Gasteiger partial charge >= 0.3 is 0 Å². The van der Waals surface area contributed by atoms with E-state index in [0.717, 1.165) is 32.6 Å². The van der Waals surface area contributed by atoms with Crippen LogP contribution >= 0.6 is 0 Å². The minimum Gasteiger partial charge on any atom is -0.380 e. The van der Waals surface area contributed by atoms with Crippen LogP contribution in [-0.4, -0.2) is 82.4 Å². The van der Waals surface area contributed by atoms with Gasteiger partial charge in [-0.1, -0.05) is 0 Å². The first-order valence-corrected chi connectivity index (χ1v) is 8.17. The van der Waals surface area contributed by atoms with Crippen LogP contribution in [0.15, 0.2) is 0 Å². The van der Waals surface area contributed by atoms with E-state index in [2.05, 4.69) is 10.2 Å². The Labute approximate surface area is 109 Å². The van der Waals surface area contributed by atoms with Gasteiger partial charge in [0, 0.05) is 46.4 Å². The quantitative estimate of drug-likeness (QED) is 0.694. The molecule has 6 nitrogen and oxygen atoms in total. The molecule has 0 bridgehead atoms. The van der Waals surface area contributed by atoms with Crippen molar-refractivity contribution in [1.29, 1.82) is 0 Å². The average Bonchev–Trinajstić information content (AvgIpc) is 2.90. The lowest BCUT2D eigenvalue weighted by atomic mass is 10.3. The van der Waals surface area contributed by atoms with Crippen molar-refractivity contribution in [2.75, 3.05) is 58.7 Å². The molecule has 2 saturated heterocycles. The monoisotopic (exact) mass is 277 g/mol. The number of ether oxygens (including phenoxy) is 1. The number of rotatable bonds is 5. The Morgan fingerprint density at radius 1 is 1.39 bits per heavy atom. The maximum atomic E-state index is 12.2. The Morgan fingerprint density at radius 2 is 2.11 bits per heavy atom. The molecule has 1 atom stereocenters. The highest BCUT2D eigenvalue weighted by Crippen LogP contribution is 2.14. The molecule has 0 saturated carbocycles. The normalized spacial score (nSPS) is 26.9. The van der Waals surface area contributed by atoms with Gasteiger partial charge in [-0.2, -0.15) is 4.31 Å². The standard InChI is InChI=1S/C11H23N3O3S/c1-13(11-2-8-17-10-11)18(15,16)9-7-14-5-3-12-4-6-14/h11-12H,2-10H2,1H3. The average molecular weight is 277 g/mol. The number of likely N-dealkylation sites (N-methyl/N-ethyl adjacent to an activating group) is 1. The van der Waals surface area contributed by atoms with Crippen molar-refractivity contribution in [2.24, 2.45) is 0 Å². The topological polar surface area (TPSA) is 61.9 Å². The molecule has 2 fully saturated rings. The van der Waals surface area contributed by atoms with Gasteiger partial charge in [-0.25, -0.2) is 8.42 Å². The smallest absolute Gasteiger partial charge is 0.215 e. The van der Waals surface area contributed by atoms with E-state index in [9.17, 15) is 8.42 Å². The zero-order chi connectivity index (χ0) is 13.0. The Balaban J connectivity index is 1.82. The molecule has 106 valence electrons. The van der Waals surface area contributed by atoms with E-state index >= 15 is 0 Å². The maximum absolute atomic E-state index is 12.2. The van der Waals surface area contributed by atoms with E-state index in [4.69, 9.17) is 4.74 Å². The maximum Gasteiger partial charge on any atom is 0.215 e. The molecular formula is C11H23N3O3S. The molecule has 2 rings (SSSR count). The van der Waals surface area contributed by atoms with E-state index in [1.165, 1.54) is 4.31 Å². The van der Waals surface area contributed by atoms with E-state index in [0.29, 0.717) is 19.8 Å². The highest BCUT2D eigenvalue weighted by molar-refractivity contribution is 7.89. The summed E-state index contributed by atoms with van der Waals surface area (Å²) in [5.74, 6) is 0.208. The molecule has 2 heterocycles. The lowest BCUT2D eigenvalue weighted by Crippen LogP contribution is -2.47. The van der Waals surface area contributed by atoms with Gasteiger partial charge in [0.15, 0.2) is 0 Å². The third-order valence-corrected chi connectivity index (χ3v) is 5.61. The molecule has 0 amide bonds. The van der Waals surface area contributed by atoms with Crippen LogP contribution in [0.25, 0.3) is 0 Å². The summed E-state index contributed by atoms with van der Waals surface area (Å²) >= 11 is 0. The number of nitrogens with zero attached hydrogens (tertiary/aromatic N) is 2. The lowest BCUT2D eigenvalue weighted by molar-refractivity contribution is 0.180. The van der Waals surface area contributed by atoms with Crippen LogP contribution in [0.2, 0.25) is 0 Å². The van der Waals surface area contributed by atoms with Crippen molar-refractivity contribution in [3.05, 3.63) is 0 Å². The first kappa shape index (κ1) is 14.2. The van der Waals surface area contributed by atoms with Crippen molar-refractivity contribution in [2.45, 2.75) is 12.5 Å². The predicted octanol–water partition coefficient (Wildman–Crippen LogP) is -1.06. The molecule has 7 heteroatoms. The van der Waals surface area contributed by atoms with Crippen molar-refractivity contribution >= 4 is 10.0 Å². The van der Waals surface area contributed by atoms with Gasteiger partial charge in [0.2, 0.25) is 10.0 Å². The number of sulfonamides is 1. The fraction of sp³-hybridized carbons (Fsp3) is 1.00. The Kier molecular flexibility index (Phi) is 4.97. The molecule has 0 radical (unpaired) electrons. The number of hydrogen-bond donors (Lipinski definition) is 1. The van der Waals surface area contributed by atoms with Gasteiger partial charge in [-0.15, -0.1) is 0 Å². The fourth-order valence-corrected chi connectivity index (χ4v) is 3.76. The molecule has 2 aliphatic heterocycles. The summed E-state index contributed by atoms with van der Waals surface area (Å²) in [5.41, 5.74) is 0. The van der Waals surface area contributed by atoms with E-state index in [1.54, 1.807) is 7.05 Å². The number of piperazine rings is 1. The van der Waals surface area contributed by atoms with Crippen LogP contribution in [-0.2, 0) is 14.8 Å². The molecule has 2 aliphatic rings. The number of hydrogen-bond acceptors (Lipinski definition) is 5. The predicted molar refractivity (Wildman–Crippen MR) is 70.1 cm³/mol. The lowest BCUT2D eigenvalue weighted by Gasteiger charge is -2.28. The molecule has 0 aromatic heterocycles. The van der Waals surface area contributed by atoms with Crippen molar-refractivity contribution in [1.82, 2.24) is 14.5 Å². The second-order valence-electron chi connectivity index (χ2n) is 4.94. The van der Waals surface area contributed by atoms with Crippen LogP contribution in [0.1, 0.15) is 6.42 Å². The zero-order valence-electron chi connectivity index (χ0n) is 11.0. The minimum atomic E-state index is -3.15. The summed E-state index contributed by atoms with van der Waals surface area (Å²) < 4.78 is 31.1. The molecular weight excluding hydrogens is 254 g/mol. The molecule has 0 aromatic carbocycles. The molecule has 1 unspecified atom stereocenters. The molecule has 0 aliphatic carbocycles. The summed E-state index contributed by atoms with van der Waals surface area (Å²) in [6, 6.07) is 0.0259. The van der Waals surface area contributed by atoms with Gasteiger partial charge in [0.25, 0.3) is 0 Å². The Bertz CT molecular complexity index is 349. The largest absolute Gasteiger partial charge is 0.380 e. The van der Waals surface area contributed by atoms with Crippen LogP contribution in [0.5, 0.6) is 0 Å². The summed E-state index contributed by atoms with van der Waals surface area (Å²) in [6.07, 6.45) is 0.809. The highest BCUT2D eigenvalue weighted by atomic mass is 32.2. The molecule has 1 N–H and O–H groups in total. The second-order valence-corrected chi connectivity index (χ2v) is 7.09. The van der Waals surface area contributed by atoms with Crippen molar-refractivity contribution in [3.63, 3.8) is 0 Å². The minimum absolute atomic E-state index is 0.0259. The van der Waals surface area contributed by atoms with Gasteiger partial charge in [0.1, 0.15) is 0 Å². The Hall–Kier alpha value is -0.210. The Morgan fingerprint density at radius 3 is 2.72 bits per heavy atom. The first-order chi connectivity index (χ1) is 8.59. The number of nitrogens with one attached hydrogen (secondary N) is 1. The highest BCUT2D eigenvalue weighted by Gasteiger charge is 2.29. The SMILES string of the molecule is CN(C1CCOC1)S(=O)(=O)CCN1CCNCC1. The zero-order valence-corrected chi connectivity index (χ0v) is 11.8. The van der Waals surface area contributed by atoms with E-state index in [-0.39, 0.29) is 11.8 Å². The van der Waals surface area contributed by atoms with Gasteiger partial charge in [-0.3, -0.25) is 4.90 Å². The molecule has 0 spiro atoms. The summed E-state index contributed by atoms with van der Waals surface area (Å²) in [4.78, 5) is 2.20. The van der Waals surface area contributed by atoms with Gasteiger partial charge < -0.3 is 10.1 Å². The van der Waals surface area contributed by atoms with Crippen molar-refractivity contribution < 1.29 is 13.2 Å².